The molecule has 2 nitrogen and oxygen atoms in total. The number of nitrogens with zero attached hydrogens (tertiary/aromatic N) is 1. The van der Waals surface area contributed by atoms with Gasteiger partial charge in [0.05, 0.1) is 5.56 Å². The summed E-state index contributed by atoms with van der Waals surface area (Å²) in [5, 5.41) is 0. The Morgan fingerprint density at radius 3 is 2.17 bits per heavy atom. The van der Waals surface area contributed by atoms with Crippen LogP contribution < -0.4 is 4.74 Å². The minimum Gasteiger partial charge on any atom is -0.457 e. The molecule has 18 heavy (non-hydrogen) atoms. The first-order valence-corrected chi connectivity index (χ1v) is 4.92. The van der Waals surface area contributed by atoms with Crippen LogP contribution in [0.5, 0.6) is 11.5 Å². The predicted octanol–water partition coefficient (Wildman–Crippen LogP) is 4.03. The first-order valence-electron chi connectivity index (χ1n) is 4.92. The van der Waals surface area contributed by atoms with Crippen LogP contribution in [0.1, 0.15) is 5.56 Å². The molecule has 0 amide bonds. The lowest BCUT2D eigenvalue weighted by Gasteiger charge is -2.08. The number of pyridine rings is 1. The van der Waals surface area contributed by atoms with E-state index < -0.39 is 17.7 Å². The largest absolute Gasteiger partial charge is 0.457 e. The van der Waals surface area contributed by atoms with Crippen molar-refractivity contribution in [2.75, 3.05) is 0 Å². The highest BCUT2D eigenvalue weighted by Crippen LogP contribution is 2.31. The van der Waals surface area contributed by atoms with Crippen molar-refractivity contribution in [2.24, 2.45) is 0 Å². The predicted molar refractivity (Wildman–Crippen MR) is 55.7 cm³/mol. The average Bonchev–Trinajstić information content (AvgIpc) is 2.28. The van der Waals surface area contributed by atoms with Gasteiger partial charge in [0, 0.05) is 12.3 Å². The van der Waals surface area contributed by atoms with Crippen LogP contribution >= 0.6 is 0 Å². The van der Waals surface area contributed by atoms with Crippen LogP contribution in [0, 0.1) is 5.95 Å². The molecular weight excluding hydrogens is 250 g/mol. The molecule has 94 valence electrons. The molecule has 0 bridgehead atoms. The molecule has 0 spiro atoms. The van der Waals surface area contributed by atoms with E-state index in [4.69, 9.17) is 4.74 Å². The third-order valence-corrected chi connectivity index (χ3v) is 2.12. The topological polar surface area (TPSA) is 22.1 Å². The number of alkyl halides is 3. The van der Waals surface area contributed by atoms with Gasteiger partial charge < -0.3 is 4.74 Å². The third-order valence-electron chi connectivity index (χ3n) is 2.12. The Labute approximate surface area is 99.8 Å². The Bertz CT molecular complexity index is 537. The maximum absolute atomic E-state index is 12.8. The van der Waals surface area contributed by atoms with Crippen LogP contribution in [0.2, 0.25) is 0 Å². The zero-order chi connectivity index (χ0) is 13.2. The van der Waals surface area contributed by atoms with Gasteiger partial charge in [0.15, 0.2) is 0 Å². The van der Waals surface area contributed by atoms with E-state index in [1.165, 1.54) is 24.4 Å². The van der Waals surface area contributed by atoms with Gasteiger partial charge in [0.1, 0.15) is 11.5 Å². The quantitative estimate of drug-likeness (QED) is 0.598. The first-order chi connectivity index (χ1) is 8.45. The summed E-state index contributed by atoms with van der Waals surface area (Å²) in [5.41, 5.74) is -0.768. The summed E-state index contributed by atoms with van der Waals surface area (Å²) in [6.07, 6.45) is -3.18. The van der Waals surface area contributed by atoms with Gasteiger partial charge in [-0.25, -0.2) is 4.98 Å². The monoisotopic (exact) mass is 257 g/mol. The van der Waals surface area contributed by atoms with E-state index in [1.54, 1.807) is 0 Å². The van der Waals surface area contributed by atoms with E-state index in [9.17, 15) is 17.6 Å². The first kappa shape index (κ1) is 12.3. The molecule has 0 atom stereocenters. The van der Waals surface area contributed by atoms with Gasteiger partial charge in [-0.3, -0.25) is 0 Å². The van der Waals surface area contributed by atoms with Crippen LogP contribution in [0.25, 0.3) is 0 Å². The van der Waals surface area contributed by atoms with Gasteiger partial charge in [0.2, 0.25) is 5.95 Å². The normalized spacial score (nSPS) is 11.3. The highest BCUT2D eigenvalue weighted by Gasteiger charge is 2.30. The molecule has 0 saturated heterocycles. The molecule has 0 aliphatic rings. The molecule has 0 radical (unpaired) electrons. The Kier molecular flexibility index (Phi) is 3.18. The Morgan fingerprint density at radius 2 is 1.61 bits per heavy atom. The number of hydrogen-bond acceptors (Lipinski definition) is 2. The van der Waals surface area contributed by atoms with Gasteiger partial charge in [-0.1, -0.05) is 0 Å². The van der Waals surface area contributed by atoms with Crippen molar-refractivity contribution >= 4 is 0 Å². The Balaban J connectivity index is 2.16. The van der Waals surface area contributed by atoms with Crippen molar-refractivity contribution in [1.82, 2.24) is 4.98 Å². The molecule has 1 aromatic heterocycles. The summed E-state index contributed by atoms with van der Waals surface area (Å²) in [4.78, 5) is 3.33. The van der Waals surface area contributed by atoms with Crippen molar-refractivity contribution < 1.29 is 22.3 Å². The number of benzene rings is 1. The van der Waals surface area contributed by atoms with E-state index in [-0.39, 0.29) is 11.5 Å². The summed E-state index contributed by atoms with van der Waals surface area (Å²) in [6, 6.07) is 6.57. The molecular formula is C12H7F4NO. The van der Waals surface area contributed by atoms with Gasteiger partial charge >= 0.3 is 6.18 Å². The van der Waals surface area contributed by atoms with E-state index in [2.05, 4.69) is 4.98 Å². The standard InChI is InChI=1S/C12H7F4NO/c13-11-7-10(5-6-17-11)18-9-3-1-8(2-4-9)12(14,15)16/h1-7H. The van der Waals surface area contributed by atoms with Crippen molar-refractivity contribution in [2.45, 2.75) is 6.18 Å². The number of hydrogen-bond donors (Lipinski definition) is 0. The second-order valence-corrected chi connectivity index (χ2v) is 3.44. The molecule has 0 saturated carbocycles. The zero-order valence-electron chi connectivity index (χ0n) is 8.91. The van der Waals surface area contributed by atoms with Crippen LogP contribution in [0.4, 0.5) is 17.6 Å². The molecule has 0 fully saturated rings. The van der Waals surface area contributed by atoms with E-state index >= 15 is 0 Å². The Morgan fingerprint density at radius 1 is 0.944 bits per heavy atom. The molecule has 1 aromatic carbocycles. The lowest BCUT2D eigenvalue weighted by Crippen LogP contribution is -2.03. The fraction of sp³-hybridized carbons (Fsp3) is 0.0833. The van der Waals surface area contributed by atoms with Crippen LogP contribution in [-0.4, -0.2) is 4.98 Å². The molecule has 0 aliphatic carbocycles. The highest BCUT2D eigenvalue weighted by molar-refractivity contribution is 5.33. The third kappa shape index (κ3) is 2.97. The number of rotatable bonds is 2. The number of halogens is 4. The zero-order valence-corrected chi connectivity index (χ0v) is 8.91. The molecule has 1 heterocycles. The summed E-state index contributed by atoms with van der Waals surface area (Å²) in [6.45, 7) is 0. The summed E-state index contributed by atoms with van der Waals surface area (Å²) in [5.74, 6) is -0.365. The maximum atomic E-state index is 12.8. The van der Waals surface area contributed by atoms with Gasteiger partial charge in [0.25, 0.3) is 0 Å². The molecule has 2 rings (SSSR count). The lowest BCUT2D eigenvalue weighted by atomic mass is 10.2. The molecule has 0 unspecified atom stereocenters. The van der Waals surface area contributed by atoms with Crippen molar-refractivity contribution in [3.63, 3.8) is 0 Å². The van der Waals surface area contributed by atoms with Crippen LogP contribution in [0.15, 0.2) is 42.6 Å². The van der Waals surface area contributed by atoms with Crippen molar-refractivity contribution in [3.8, 4) is 11.5 Å². The number of aromatic nitrogens is 1. The average molecular weight is 257 g/mol. The fourth-order valence-electron chi connectivity index (χ4n) is 1.30. The lowest BCUT2D eigenvalue weighted by molar-refractivity contribution is -0.137. The summed E-state index contributed by atoms with van der Waals surface area (Å²) < 4.78 is 54.8. The second-order valence-electron chi connectivity index (χ2n) is 3.44. The molecule has 6 heteroatoms. The van der Waals surface area contributed by atoms with Crippen LogP contribution in [0.3, 0.4) is 0 Å². The summed E-state index contributed by atoms with van der Waals surface area (Å²) in [7, 11) is 0. The number of ether oxygens (including phenoxy) is 1. The van der Waals surface area contributed by atoms with Gasteiger partial charge in [-0.15, -0.1) is 0 Å². The molecule has 2 aromatic rings. The summed E-state index contributed by atoms with van der Waals surface area (Å²) >= 11 is 0. The van der Waals surface area contributed by atoms with E-state index in [0.29, 0.717) is 0 Å². The minimum atomic E-state index is -4.39. The molecule has 0 N–H and O–H groups in total. The van der Waals surface area contributed by atoms with Crippen LogP contribution in [-0.2, 0) is 6.18 Å². The van der Waals surface area contributed by atoms with Crippen molar-refractivity contribution in [1.29, 1.82) is 0 Å². The molecule has 0 aliphatic heterocycles. The maximum Gasteiger partial charge on any atom is 0.416 e. The minimum absolute atomic E-state index is 0.169. The van der Waals surface area contributed by atoms with E-state index in [0.717, 1.165) is 18.2 Å². The highest BCUT2D eigenvalue weighted by atomic mass is 19.4. The van der Waals surface area contributed by atoms with Gasteiger partial charge in [-0.05, 0) is 30.3 Å². The van der Waals surface area contributed by atoms with E-state index in [1.807, 2.05) is 0 Å². The SMILES string of the molecule is Fc1cc(Oc2ccc(C(F)(F)F)cc2)ccn1. The fourth-order valence-corrected chi connectivity index (χ4v) is 1.30. The Hall–Kier alpha value is -2.11. The van der Waals surface area contributed by atoms with Gasteiger partial charge in [-0.2, -0.15) is 17.6 Å². The van der Waals surface area contributed by atoms with Crippen molar-refractivity contribution in [3.05, 3.63) is 54.1 Å². The smallest absolute Gasteiger partial charge is 0.416 e. The second kappa shape index (κ2) is 4.64.